The number of amides is 1. The van der Waals surface area contributed by atoms with E-state index in [-0.39, 0.29) is 0 Å². The summed E-state index contributed by atoms with van der Waals surface area (Å²) in [6.07, 6.45) is 4.51. The lowest BCUT2D eigenvalue weighted by Gasteiger charge is -2.33. The highest BCUT2D eigenvalue weighted by Gasteiger charge is 2.21. The van der Waals surface area contributed by atoms with Gasteiger partial charge in [0.25, 0.3) is 0 Å². The molecule has 0 spiro atoms. The lowest BCUT2D eigenvalue weighted by molar-refractivity contribution is 0.142. The van der Waals surface area contributed by atoms with Crippen molar-refractivity contribution in [2.75, 3.05) is 31.1 Å². The quantitative estimate of drug-likeness (QED) is 0.557. The van der Waals surface area contributed by atoms with E-state index in [4.69, 9.17) is 10.1 Å². The number of carbonyl (C=O) groups is 1. The Morgan fingerprint density at radius 3 is 2.66 bits per heavy atom. The van der Waals surface area contributed by atoms with Gasteiger partial charge in [-0.3, -0.25) is 9.97 Å². The standard InChI is InChI=1S/C19H17N7O2S/c27-19(28)25-6-4-24(5-7-25)17-2-1-3-18(23-17)26-15-8-14(16-11-20-12-29-16)21-9-13(15)10-22-26/h1-3,8-12H,4-7H2,(H,27,28). The van der Waals surface area contributed by atoms with Crippen LogP contribution in [-0.2, 0) is 0 Å². The summed E-state index contributed by atoms with van der Waals surface area (Å²) in [7, 11) is 0. The highest BCUT2D eigenvalue weighted by molar-refractivity contribution is 7.13. The Balaban J connectivity index is 1.47. The number of rotatable bonds is 3. The number of thiazole rings is 1. The summed E-state index contributed by atoms with van der Waals surface area (Å²) in [5, 5.41) is 14.6. The molecule has 4 aromatic rings. The normalized spacial score (nSPS) is 14.5. The molecular weight excluding hydrogens is 390 g/mol. The largest absolute Gasteiger partial charge is 0.465 e. The van der Waals surface area contributed by atoms with Gasteiger partial charge in [-0.15, -0.1) is 11.3 Å². The molecule has 0 unspecified atom stereocenters. The summed E-state index contributed by atoms with van der Waals surface area (Å²) in [6.45, 7) is 2.16. The molecule has 5 rings (SSSR count). The summed E-state index contributed by atoms with van der Waals surface area (Å²) in [5.41, 5.74) is 3.56. The molecule has 1 amide bonds. The van der Waals surface area contributed by atoms with Crippen LogP contribution < -0.4 is 4.90 Å². The molecule has 1 saturated heterocycles. The monoisotopic (exact) mass is 407 g/mol. The first-order valence-corrected chi connectivity index (χ1v) is 10.00. The van der Waals surface area contributed by atoms with Crippen molar-refractivity contribution in [2.24, 2.45) is 0 Å². The maximum Gasteiger partial charge on any atom is 0.407 e. The van der Waals surface area contributed by atoms with Crippen LogP contribution in [-0.4, -0.2) is 67.0 Å². The SMILES string of the molecule is O=C(O)N1CCN(c2cccc(-n3ncc4cnc(-c5cncs5)cc43)n2)CC1. The van der Waals surface area contributed by atoms with Crippen molar-refractivity contribution in [3.8, 4) is 16.4 Å². The molecule has 1 fully saturated rings. The van der Waals surface area contributed by atoms with Crippen LogP contribution >= 0.6 is 11.3 Å². The second-order valence-electron chi connectivity index (χ2n) is 6.66. The first-order chi connectivity index (χ1) is 14.2. The van der Waals surface area contributed by atoms with Crippen LogP contribution in [0, 0.1) is 0 Å². The van der Waals surface area contributed by atoms with Crippen LogP contribution in [0.4, 0.5) is 10.6 Å². The number of pyridine rings is 2. The third-order valence-corrected chi connectivity index (χ3v) is 5.74. The van der Waals surface area contributed by atoms with Gasteiger partial charge in [0.05, 0.1) is 27.8 Å². The molecule has 146 valence electrons. The number of nitrogens with zero attached hydrogens (tertiary/aromatic N) is 7. The van der Waals surface area contributed by atoms with E-state index >= 15 is 0 Å². The van der Waals surface area contributed by atoms with E-state index < -0.39 is 6.09 Å². The van der Waals surface area contributed by atoms with E-state index in [1.54, 1.807) is 33.9 Å². The number of carboxylic acid groups (broad SMARTS) is 1. The Morgan fingerprint density at radius 1 is 1.07 bits per heavy atom. The molecule has 5 heterocycles. The Labute approximate surface area is 169 Å². The van der Waals surface area contributed by atoms with Crippen molar-refractivity contribution < 1.29 is 9.90 Å². The number of hydrogen-bond donors (Lipinski definition) is 1. The first-order valence-electron chi connectivity index (χ1n) is 9.12. The van der Waals surface area contributed by atoms with Gasteiger partial charge in [-0.1, -0.05) is 6.07 Å². The fourth-order valence-electron chi connectivity index (χ4n) is 3.41. The lowest BCUT2D eigenvalue weighted by Crippen LogP contribution is -2.48. The summed E-state index contributed by atoms with van der Waals surface area (Å²) in [6, 6.07) is 7.79. The Kier molecular flexibility index (Phi) is 4.32. The summed E-state index contributed by atoms with van der Waals surface area (Å²) in [4.78, 5) is 29.0. The smallest absolute Gasteiger partial charge is 0.407 e. The number of anilines is 1. The van der Waals surface area contributed by atoms with Crippen LogP contribution in [0.5, 0.6) is 0 Å². The first kappa shape index (κ1) is 17.6. The molecule has 0 aliphatic carbocycles. The van der Waals surface area contributed by atoms with Gasteiger partial charge in [-0.25, -0.2) is 14.5 Å². The fraction of sp³-hybridized carbons (Fsp3) is 0.211. The molecule has 0 saturated carbocycles. The van der Waals surface area contributed by atoms with Crippen LogP contribution in [0.3, 0.4) is 0 Å². The van der Waals surface area contributed by atoms with E-state index in [0.29, 0.717) is 32.0 Å². The Morgan fingerprint density at radius 2 is 1.90 bits per heavy atom. The van der Waals surface area contributed by atoms with Gasteiger partial charge in [0.1, 0.15) is 5.82 Å². The average molecular weight is 407 g/mol. The van der Waals surface area contributed by atoms with Gasteiger partial charge < -0.3 is 14.9 Å². The summed E-state index contributed by atoms with van der Waals surface area (Å²) < 4.78 is 1.80. The van der Waals surface area contributed by atoms with Gasteiger partial charge >= 0.3 is 6.09 Å². The lowest BCUT2D eigenvalue weighted by atomic mass is 10.2. The minimum Gasteiger partial charge on any atom is -0.465 e. The molecule has 1 aliphatic rings. The second kappa shape index (κ2) is 7.13. The second-order valence-corrected chi connectivity index (χ2v) is 7.55. The van der Waals surface area contributed by atoms with Crippen molar-refractivity contribution in [2.45, 2.75) is 0 Å². The molecular formula is C19H17N7O2S. The van der Waals surface area contributed by atoms with Gasteiger partial charge in [0, 0.05) is 44.0 Å². The van der Waals surface area contributed by atoms with Crippen LogP contribution in [0.25, 0.3) is 27.3 Å². The minimum absolute atomic E-state index is 0.468. The molecule has 1 N–H and O–H groups in total. The molecule has 0 radical (unpaired) electrons. The van der Waals surface area contributed by atoms with E-state index in [1.165, 1.54) is 4.90 Å². The zero-order valence-corrected chi connectivity index (χ0v) is 16.2. The van der Waals surface area contributed by atoms with Crippen molar-refractivity contribution in [3.63, 3.8) is 0 Å². The Bertz CT molecular complexity index is 1170. The topological polar surface area (TPSA) is 100 Å². The molecule has 10 heteroatoms. The van der Waals surface area contributed by atoms with E-state index in [9.17, 15) is 4.79 Å². The molecule has 0 atom stereocenters. The van der Waals surface area contributed by atoms with Crippen molar-refractivity contribution in [1.29, 1.82) is 0 Å². The van der Waals surface area contributed by atoms with E-state index in [1.807, 2.05) is 30.5 Å². The van der Waals surface area contributed by atoms with Gasteiger partial charge in [-0.05, 0) is 18.2 Å². The summed E-state index contributed by atoms with van der Waals surface area (Å²) in [5.74, 6) is 1.52. The number of aromatic nitrogens is 5. The predicted octanol–water partition coefficient (Wildman–Crippen LogP) is 2.74. The summed E-state index contributed by atoms with van der Waals surface area (Å²) >= 11 is 1.54. The number of hydrogen-bond acceptors (Lipinski definition) is 7. The maximum absolute atomic E-state index is 11.1. The average Bonchev–Trinajstić information content (AvgIpc) is 3.43. The third kappa shape index (κ3) is 3.27. The highest BCUT2D eigenvalue weighted by atomic mass is 32.1. The molecule has 0 aromatic carbocycles. The molecule has 4 aromatic heterocycles. The number of piperazine rings is 1. The van der Waals surface area contributed by atoms with Gasteiger partial charge in [0.2, 0.25) is 0 Å². The number of fused-ring (bicyclic) bond motifs is 1. The van der Waals surface area contributed by atoms with Gasteiger partial charge in [0.15, 0.2) is 5.82 Å². The van der Waals surface area contributed by atoms with Crippen LogP contribution in [0.2, 0.25) is 0 Å². The van der Waals surface area contributed by atoms with Crippen molar-refractivity contribution in [1.82, 2.24) is 29.6 Å². The molecule has 0 bridgehead atoms. The molecule has 9 nitrogen and oxygen atoms in total. The van der Waals surface area contributed by atoms with E-state index in [2.05, 4.69) is 20.0 Å². The van der Waals surface area contributed by atoms with Gasteiger partial charge in [-0.2, -0.15) is 5.10 Å². The van der Waals surface area contributed by atoms with Crippen molar-refractivity contribution in [3.05, 3.63) is 48.4 Å². The maximum atomic E-state index is 11.1. The van der Waals surface area contributed by atoms with Crippen LogP contribution in [0.1, 0.15) is 0 Å². The zero-order valence-electron chi connectivity index (χ0n) is 15.3. The minimum atomic E-state index is -0.875. The molecule has 1 aliphatic heterocycles. The zero-order chi connectivity index (χ0) is 19.8. The van der Waals surface area contributed by atoms with Crippen molar-refractivity contribution >= 4 is 34.2 Å². The predicted molar refractivity (Wildman–Crippen MR) is 110 cm³/mol. The Hall–Kier alpha value is -3.53. The third-order valence-electron chi connectivity index (χ3n) is 4.95. The molecule has 29 heavy (non-hydrogen) atoms. The fourth-order valence-corrected chi connectivity index (χ4v) is 4.00. The van der Waals surface area contributed by atoms with E-state index in [0.717, 1.165) is 27.3 Å². The highest BCUT2D eigenvalue weighted by Crippen LogP contribution is 2.26. The van der Waals surface area contributed by atoms with Crippen LogP contribution in [0.15, 0.2) is 48.4 Å².